The largest absolute Gasteiger partial charge is 0.507 e. The van der Waals surface area contributed by atoms with Crippen molar-refractivity contribution in [3.8, 4) is 5.75 Å². The number of ketones is 1. The molecule has 158 valence electrons. The first-order valence-electron chi connectivity index (χ1n) is 9.81. The van der Waals surface area contributed by atoms with Crippen LogP contribution in [-0.2, 0) is 9.53 Å². The molecule has 0 radical (unpaired) electrons. The van der Waals surface area contributed by atoms with E-state index in [-0.39, 0.29) is 23.7 Å². The average molecular weight is 403 g/mol. The van der Waals surface area contributed by atoms with E-state index in [2.05, 4.69) is 5.32 Å². The van der Waals surface area contributed by atoms with Crippen LogP contribution in [0, 0.1) is 5.92 Å². The van der Waals surface area contributed by atoms with Gasteiger partial charge in [0.1, 0.15) is 23.5 Å². The Kier molecular flexibility index (Phi) is 7.99. The number of phenolic OH excluding ortho intramolecular Hbond substituents is 1. The zero-order valence-corrected chi connectivity index (χ0v) is 17.0. The van der Waals surface area contributed by atoms with Gasteiger partial charge in [0.15, 0.2) is 5.78 Å². The highest BCUT2D eigenvalue weighted by atomic mass is 16.5. The summed E-state index contributed by atoms with van der Waals surface area (Å²) in [6.07, 6.45) is 3.28. The summed E-state index contributed by atoms with van der Waals surface area (Å²) >= 11 is 0. The fraction of sp³-hybridized carbons (Fsp3) is 0.455. The number of anilines is 1. The van der Waals surface area contributed by atoms with Gasteiger partial charge in [-0.05, 0) is 37.5 Å². The molecule has 4 N–H and O–H groups in total. The number of fused-ring (bicyclic) bond motifs is 1. The van der Waals surface area contributed by atoms with Gasteiger partial charge in [0, 0.05) is 24.2 Å². The number of aliphatic hydroxyl groups is 2. The van der Waals surface area contributed by atoms with Crippen molar-refractivity contribution >= 4 is 23.5 Å². The van der Waals surface area contributed by atoms with Crippen molar-refractivity contribution in [2.75, 3.05) is 11.9 Å². The lowest BCUT2D eigenvalue weighted by Gasteiger charge is -2.20. The van der Waals surface area contributed by atoms with Crippen LogP contribution in [0.25, 0.3) is 6.08 Å². The maximum atomic E-state index is 12.7. The number of ether oxygens (including phenoxy) is 1. The van der Waals surface area contributed by atoms with Gasteiger partial charge < -0.3 is 25.4 Å². The second-order valence-corrected chi connectivity index (χ2v) is 7.27. The number of hydrogen-bond donors (Lipinski definition) is 4. The van der Waals surface area contributed by atoms with Crippen LogP contribution in [0.15, 0.2) is 30.4 Å². The van der Waals surface area contributed by atoms with E-state index in [0.29, 0.717) is 17.8 Å². The average Bonchev–Trinajstić information content (AvgIpc) is 2.68. The van der Waals surface area contributed by atoms with Crippen molar-refractivity contribution < 1.29 is 29.6 Å². The number of carbonyl (C=O) groups excluding carboxylic acids is 2. The summed E-state index contributed by atoms with van der Waals surface area (Å²) in [5.41, 5.74) is 1.07. The highest BCUT2D eigenvalue weighted by Crippen LogP contribution is 2.30. The van der Waals surface area contributed by atoms with Gasteiger partial charge in [-0.25, -0.2) is 4.79 Å². The molecule has 1 aliphatic heterocycles. The maximum Gasteiger partial charge on any atom is 0.342 e. The molecular formula is C22H29NO6. The van der Waals surface area contributed by atoms with Crippen molar-refractivity contribution in [2.24, 2.45) is 5.92 Å². The minimum atomic E-state index is -1.55. The molecule has 1 heterocycles. The van der Waals surface area contributed by atoms with Crippen molar-refractivity contribution in [2.45, 2.75) is 51.9 Å². The van der Waals surface area contributed by atoms with Crippen LogP contribution in [0.3, 0.4) is 0 Å². The Morgan fingerprint density at radius 3 is 2.59 bits per heavy atom. The van der Waals surface area contributed by atoms with E-state index in [1.807, 2.05) is 6.92 Å². The summed E-state index contributed by atoms with van der Waals surface area (Å²) in [5.74, 6) is -1.82. The predicted octanol–water partition coefficient (Wildman–Crippen LogP) is 2.66. The van der Waals surface area contributed by atoms with Crippen LogP contribution in [0.1, 0.15) is 49.5 Å². The summed E-state index contributed by atoms with van der Waals surface area (Å²) in [6, 6.07) is 3.17. The van der Waals surface area contributed by atoms with E-state index in [9.17, 15) is 24.9 Å². The number of aromatic hydroxyl groups is 1. The molecule has 7 heteroatoms. The number of carbonyl (C=O) groups is 2. The number of phenols is 1. The quantitative estimate of drug-likeness (QED) is 0.573. The van der Waals surface area contributed by atoms with Crippen LogP contribution >= 0.6 is 0 Å². The first-order chi connectivity index (χ1) is 13.7. The number of aliphatic hydroxyl groups excluding tert-OH is 2. The normalized spacial score (nSPS) is 28.0. The Bertz CT molecular complexity index is 801. The van der Waals surface area contributed by atoms with E-state index >= 15 is 0 Å². The Hall–Kier alpha value is -2.64. The van der Waals surface area contributed by atoms with E-state index in [1.54, 1.807) is 26.0 Å². The number of nitrogens with one attached hydrogen (secondary N) is 1. The van der Waals surface area contributed by atoms with Crippen LogP contribution in [-0.4, -0.2) is 51.9 Å². The fourth-order valence-electron chi connectivity index (χ4n) is 2.86. The molecule has 2 unspecified atom stereocenters. The second-order valence-electron chi connectivity index (χ2n) is 7.27. The zero-order chi connectivity index (χ0) is 21.6. The van der Waals surface area contributed by atoms with Gasteiger partial charge in [-0.2, -0.15) is 0 Å². The Morgan fingerprint density at radius 1 is 1.17 bits per heavy atom. The molecule has 0 spiro atoms. The lowest BCUT2D eigenvalue weighted by atomic mass is 9.99. The first kappa shape index (κ1) is 22.6. The van der Waals surface area contributed by atoms with E-state index in [1.165, 1.54) is 24.3 Å². The van der Waals surface area contributed by atoms with Crippen molar-refractivity contribution in [1.82, 2.24) is 0 Å². The smallest absolute Gasteiger partial charge is 0.342 e. The number of cyclic esters (lactones) is 1. The molecule has 1 aliphatic rings. The van der Waals surface area contributed by atoms with Crippen molar-refractivity contribution in [3.63, 3.8) is 0 Å². The molecule has 1 aromatic rings. The van der Waals surface area contributed by atoms with Gasteiger partial charge in [-0.15, -0.1) is 0 Å². The molecule has 0 aromatic heterocycles. The van der Waals surface area contributed by atoms with Crippen LogP contribution in [0.5, 0.6) is 5.75 Å². The summed E-state index contributed by atoms with van der Waals surface area (Å²) in [6.45, 7) is 6.14. The molecule has 0 aliphatic carbocycles. The minimum absolute atomic E-state index is 0.00539. The van der Waals surface area contributed by atoms with Gasteiger partial charge in [0.2, 0.25) is 0 Å². The molecule has 29 heavy (non-hydrogen) atoms. The number of hydrogen-bond acceptors (Lipinski definition) is 7. The number of benzene rings is 1. The molecule has 0 saturated carbocycles. The van der Waals surface area contributed by atoms with Crippen LogP contribution in [0.4, 0.5) is 5.69 Å². The minimum Gasteiger partial charge on any atom is -0.507 e. The summed E-state index contributed by atoms with van der Waals surface area (Å²) in [7, 11) is 0. The second kappa shape index (κ2) is 10.2. The topological polar surface area (TPSA) is 116 Å². The zero-order valence-electron chi connectivity index (χ0n) is 17.0. The molecule has 0 amide bonds. The summed E-state index contributed by atoms with van der Waals surface area (Å²) in [4.78, 5) is 24.8. The lowest BCUT2D eigenvalue weighted by molar-refractivity contribution is -0.127. The molecule has 0 saturated heterocycles. The van der Waals surface area contributed by atoms with Gasteiger partial charge in [-0.1, -0.05) is 32.1 Å². The monoisotopic (exact) mass is 403 g/mol. The molecule has 1 aromatic carbocycles. The highest BCUT2D eigenvalue weighted by Gasteiger charge is 2.25. The van der Waals surface area contributed by atoms with Gasteiger partial charge in [0.05, 0.1) is 6.10 Å². The molecule has 0 fully saturated rings. The predicted molar refractivity (Wildman–Crippen MR) is 111 cm³/mol. The fourth-order valence-corrected chi connectivity index (χ4v) is 2.86. The van der Waals surface area contributed by atoms with Crippen LogP contribution < -0.4 is 5.32 Å². The van der Waals surface area contributed by atoms with E-state index in [4.69, 9.17) is 4.74 Å². The third kappa shape index (κ3) is 5.92. The lowest BCUT2D eigenvalue weighted by Crippen LogP contribution is -2.32. The number of rotatable bonds is 3. The Morgan fingerprint density at radius 2 is 1.90 bits per heavy atom. The van der Waals surface area contributed by atoms with E-state index in [0.717, 1.165) is 6.42 Å². The van der Waals surface area contributed by atoms with Crippen molar-refractivity contribution in [1.29, 1.82) is 0 Å². The summed E-state index contributed by atoms with van der Waals surface area (Å²) in [5, 5.41) is 33.7. The Balaban J connectivity index is 2.47. The molecule has 0 bridgehead atoms. The Labute approximate surface area is 170 Å². The molecular weight excluding hydrogens is 374 g/mol. The van der Waals surface area contributed by atoms with Gasteiger partial charge in [-0.3, -0.25) is 4.79 Å². The van der Waals surface area contributed by atoms with E-state index < -0.39 is 30.1 Å². The molecule has 2 rings (SSSR count). The third-order valence-electron chi connectivity index (χ3n) is 4.86. The maximum absolute atomic E-state index is 12.7. The first-order valence-corrected chi connectivity index (χ1v) is 9.81. The third-order valence-corrected chi connectivity index (χ3v) is 4.86. The van der Waals surface area contributed by atoms with Crippen molar-refractivity contribution in [3.05, 3.63) is 41.5 Å². The molecule has 4 atom stereocenters. The van der Waals surface area contributed by atoms with Gasteiger partial charge in [0.25, 0.3) is 0 Å². The standard InChI is InChI=1S/C22H29NO6/c1-4-10-23-16-11-15-6-5-7-17(24)21(27)18(25)9-8-13(2)14(3)29-22(28)20(15)19(26)12-16/h5-6,8-9,11-14,17,21,23-24,26-27H,4,7,10H2,1-3H3/b6-5+,9-8-/t13-,14+,17?,21?/m1/s1. The summed E-state index contributed by atoms with van der Waals surface area (Å²) < 4.78 is 5.49. The SMILES string of the molecule is CCCNc1cc(O)c2c(c1)/C=C/CC(O)C(O)C(=O)/C=C\[C@@H](C)[C@H](C)OC2=O. The number of esters is 1. The van der Waals surface area contributed by atoms with Crippen LogP contribution in [0.2, 0.25) is 0 Å². The highest BCUT2D eigenvalue weighted by molar-refractivity contribution is 5.97. The molecule has 7 nitrogen and oxygen atoms in total. The van der Waals surface area contributed by atoms with Gasteiger partial charge >= 0.3 is 5.97 Å².